The summed E-state index contributed by atoms with van der Waals surface area (Å²) < 4.78 is 0. The number of halogens is 1. The summed E-state index contributed by atoms with van der Waals surface area (Å²) in [5.74, 6) is -0.469. The van der Waals surface area contributed by atoms with Crippen molar-refractivity contribution in [3.63, 3.8) is 0 Å². The predicted octanol–water partition coefficient (Wildman–Crippen LogP) is 2.71. The van der Waals surface area contributed by atoms with Crippen LogP contribution >= 0.6 is 11.6 Å². The van der Waals surface area contributed by atoms with Crippen molar-refractivity contribution in [2.24, 2.45) is 0 Å². The maximum absolute atomic E-state index is 12.5. The van der Waals surface area contributed by atoms with Crippen LogP contribution in [0.25, 0.3) is 0 Å². The summed E-state index contributed by atoms with van der Waals surface area (Å²) in [6.45, 7) is 0. The van der Waals surface area contributed by atoms with Gasteiger partial charge in [0.1, 0.15) is 6.04 Å². The number of hydrogen-bond acceptors (Lipinski definition) is 3. The van der Waals surface area contributed by atoms with Crippen molar-refractivity contribution in [3.05, 3.63) is 71.3 Å². The minimum atomic E-state index is -0.827. The molecule has 2 aromatic carbocycles. The molecule has 0 aliphatic heterocycles. The molecule has 0 saturated carbocycles. The summed E-state index contributed by atoms with van der Waals surface area (Å²) >= 11 is 5.74. The van der Waals surface area contributed by atoms with E-state index in [-0.39, 0.29) is 5.91 Å². The van der Waals surface area contributed by atoms with Crippen LogP contribution in [-0.4, -0.2) is 29.8 Å². The molecule has 0 heterocycles. The standard InChI is InChI=1S/C19H18ClN3O2/c1-23(13-21)19(25)17(11-14-5-3-2-4-6-14)22-18(24)16-9-7-15(12-20)8-10-16/h2-10,17H,11-12H2,1H3,(H,22,24). The molecular formula is C19H18ClN3O2. The van der Waals surface area contributed by atoms with Crippen molar-refractivity contribution < 1.29 is 9.59 Å². The lowest BCUT2D eigenvalue weighted by Crippen LogP contribution is -2.47. The normalized spacial score (nSPS) is 11.2. The van der Waals surface area contributed by atoms with Gasteiger partial charge < -0.3 is 5.32 Å². The van der Waals surface area contributed by atoms with Crippen LogP contribution in [0.15, 0.2) is 54.6 Å². The molecule has 2 rings (SSSR count). The summed E-state index contributed by atoms with van der Waals surface area (Å²) in [7, 11) is 1.38. The third-order valence-corrected chi connectivity index (χ3v) is 4.05. The number of benzene rings is 2. The molecule has 1 unspecified atom stereocenters. The number of carbonyl (C=O) groups excluding carboxylic acids is 2. The number of hydrogen-bond donors (Lipinski definition) is 1. The van der Waals surface area contributed by atoms with Crippen molar-refractivity contribution in [1.29, 1.82) is 5.26 Å². The van der Waals surface area contributed by atoms with Gasteiger partial charge in [-0.05, 0) is 23.3 Å². The van der Waals surface area contributed by atoms with E-state index in [1.54, 1.807) is 30.5 Å². The molecule has 2 amide bonds. The van der Waals surface area contributed by atoms with Gasteiger partial charge in [0.15, 0.2) is 6.19 Å². The Hall–Kier alpha value is -2.84. The van der Waals surface area contributed by atoms with E-state index in [4.69, 9.17) is 16.9 Å². The molecule has 0 spiro atoms. The van der Waals surface area contributed by atoms with Crippen LogP contribution in [0, 0.1) is 11.5 Å². The van der Waals surface area contributed by atoms with Gasteiger partial charge in [0.05, 0.1) is 0 Å². The number of rotatable bonds is 6. The maximum atomic E-state index is 12.5. The highest BCUT2D eigenvalue weighted by Crippen LogP contribution is 2.09. The maximum Gasteiger partial charge on any atom is 0.258 e. The zero-order valence-electron chi connectivity index (χ0n) is 13.8. The molecule has 0 radical (unpaired) electrons. The van der Waals surface area contributed by atoms with Crippen molar-refractivity contribution in [1.82, 2.24) is 10.2 Å². The van der Waals surface area contributed by atoms with E-state index in [2.05, 4.69) is 5.32 Å². The molecule has 0 saturated heterocycles. The predicted molar refractivity (Wildman–Crippen MR) is 95.8 cm³/mol. The largest absolute Gasteiger partial charge is 0.340 e. The van der Waals surface area contributed by atoms with Gasteiger partial charge in [0, 0.05) is 24.9 Å². The molecule has 0 fully saturated rings. The molecule has 0 aliphatic rings. The van der Waals surface area contributed by atoms with Crippen LogP contribution in [0.4, 0.5) is 0 Å². The fourth-order valence-corrected chi connectivity index (χ4v) is 2.50. The van der Waals surface area contributed by atoms with Gasteiger partial charge in [-0.3, -0.25) is 14.5 Å². The Kier molecular flexibility index (Phi) is 6.55. The second kappa shape index (κ2) is 8.86. The van der Waals surface area contributed by atoms with Crippen LogP contribution < -0.4 is 5.32 Å². The Bertz CT molecular complexity index is 770. The second-order valence-electron chi connectivity index (χ2n) is 5.54. The second-order valence-corrected chi connectivity index (χ2v) is 5.81. The number of nitrogens with zero attached hydrogens (tertiary/aromatic N) is 2. The first kappa shape index (κ1) is 18.5. The molecule has 1 N–H and O–H groups in total. The molecule has 2 aromatic rings. The summed E-state index contributed by atoms with van der Waals surface area (Å²) in [6, 6.07) is 15.3. The van der Waals surface area contributed by atoms with E-state index in [0.717, 1.165) is 16.0 Å². The first-order chi connectivity index (χ1) is 12.0. The average molecular weight is 356 g/mol. The van der Waals surface area contributed by atoms with Crippen LogP contribution in [-0.2, 0) is 17.1 Å². The molecule has 0 aromatic heterocycles. The summed E-state index contributed by atoms with van der Waals surface area (Å²) in [5, 5.41) is 11.7. The fraction of sp³-hybridized carbons (Fsp3) is 0.211. The number of nitriles is 1. The minimum Gasteiger partial charge on any atom is -0.340 e. The zero-order valence-corrected chi connectivity index (χ0v) is 14.5. The number of nitrogens with one attached hydrogen (secondary N) is 1. The van der Waals surface area contributed by atoms with Crippen LogP contribution in [0.1, 0.15) is 21.5 Å². The molecule has 6 heteroatoms. The quantitative estimate of drug-likeness (QED) is 0.492. The van der Waals surface area contributed by atoms with Crippen molar-refractivity contribution in [2.75, 3.05) is 7.05 Å². The van der Waals surface area contributed by atoms with Gasteiger partial charge in [-0.1, -0.05) is 42.5 Å². The third-order valence-electron chi connectivity index (χ3n) is 3.74. The Balaban J connectivity index is 2.18. The zero-order chi connectivity index (χ0) is 18.2. The monoisotopic (exact) mass is 355 g/mol. The van der Waals surface area contributed by atoms with Gasteiger partial charge in [-0.15, -0.1) is 11.6 Å². The molecule has 0 bridgehead atoms. The lowest BCUT2D eigenvalue weighted by Gasteiger charge is -2.20. The molecular weight excluding hydrogens is 338 g/mol. The lowest BCUT2D eigenvalue weighted by molar-refractivity contribution is -0.129. The highest BCUT2D eigenvalue weighted by atomic mass is 35.5. The van der Waals surface area contributed by atoms with E-state index >= 15 is 0 Å². The summed E-state index contributed by atoms with van der Waals surface area (Å²) in [5.41, 5.74) is 2.23. The molecule has 1 atom stereocenters. The van der Waals surface area contributed by atoms with Gasteiger partial charge in [-0.25, -0.2) is 0 Å². The van der Waals surface area contributed by atoms with Crippen molar-refractivity contribution in [3.8, 4) is 6.19 Å². The van der Waals surface area contributed by atoms with Crippen LogP contribution in [0.2, 0.25) is 0 Å². The first-order valence-corrected chi connectivity index (χ1v) is 8.25. The highest BCUT2D eigenvalue weighted by molar-refractivity contribution is 6.17. The van der Waals surface area contributed by atoms with Crippen molar-refractivity contribution in [2.45, 2.75) is 18.3 Å². The summed E-state index contributed by atoms with van der Waals surface area (Å²) in [6.07, 6.45) is 2.08. The molecule has 0 aliphatic carbocycles. The molecule has 25 heavy (non-hydrogen) atoms. The number of carbonyl (C=O) groups is 2. The third kappa shape index (κ3) is 5.07. The fourth-order valence-electron chi connectivity index (χ4n) is 2.32. The Labute approximate surface area is 151 Å². The van der Waals surface area contributed by atoms with E-state index in [0.29, 0.717) is 17.9 Å². The highest BCUT2D eigenvalue weighted by Gasteiger charge is 2.25. The smallest absolute Gasteiger partial charge is 0.258 e. The average Bonchev–Trinajstić information content (AvgIpc) is 2.67. The number of likely N-dealkylation sites (N-methyl/N-ethyl adjacent to an activating group) is 1. The number of alkyl halides is 1. The molecule has 5 nitrogen and oxygen atoms in total. The molecule has 128 valence electrons. The minimum absolute atomic E-state index is 0.303. The first-order valence-electron chi connectivity index (χ1n) is 7.72. The van der Waals surface area contributed by atoms with Gasteiger partial charge in [-0.2, -0.15) is 5.26 Å². The Morgan fingerprint density at radius 3 is 2.32 bits per heavy atom. The number of amides is 2. The van der Waals surface area contributed by atoms with E-state index in [1.165, 1.54) is 7.05 Å². The Morgan fingerprint density at radius 1 is 1.12 bits per heavy atom. The van der Waals surface area contributed by atoms with Gasteiger partial charge in [0.2, 0.25) is 0 Å². The van der Waals surface area contributed by atoms with Gasteiger partial charge >= 0.3 is 0 Å². The van der Waals surface area contributed by atoms with Crippen molar-refractivity contribution >= 4 is 23.4 Å². The van der Waals surface area contributed by atoms with Crippen LogP contribution in [0.3, 0.4) is 0 Å². The van der Waals surface area contributed by atoms with Crippen LogP contribution in [0.5, 0.6) is 0 Å². The Morgan fingerprint density at radius 2 is 1.76 bits per heavy atom. The summed E-state index contributed by atoms with van der Waals surface area (Å²) in [4.78, 5) is 25.8. The van der Waals surface area contributed by atoms with E-state index in [1.807, 2.05) is 30.3 Å². The van der Waals surface area contributed by atoms with Gasteiger partial charge in [0.25, 0.3) is 11.8 Å². The SMILES string of the molecule is CN(C#N)C(=O)C(Cc1ccccc1)NC(=O)c1ccc(CCl)cc1. The van der Waals surface area contributed by atoms with E-state index in [9.17, 15) is 9.59 Å². The topological polar surface area (TPSA) is 73.2 Å². The lowest BCUT2D eigenvalue weighted by atomic mass is 10.0. The van der Waals surface area contributed by atoms with E-state index < -0.39 is 11.9 Å².